The summed E-state index contributed by atoms with van der Waals surface area (Å²) in [7, 11) is 2.17. The molecular formula is C21H15NS. The van der Waals surface area contributed by atoms with Gasteiger partial charge in [0.25, 0.3) is 0 Å². The van der Waals surface area contributed by atoms with E-state index in [0.717, 1.165) is 0 Å². The number of rotatable bonds is 0. The Morgan fingerprint density at radius 3 is 2.22 bits per heavy atom. The first kappa shape index (κ1) is 13.0. The van der Waals surface area contributed by atoms with Crippen LogP contribution in [0.5, 0.6) is 0 Å². The Balaban J connectivity index is 1.80. The van der Waals surface area contributed by atoms with E-state index in [9.17, 15) is 0 Å². The minimum absolute atomic E-state index is 1.29. The monoisotopic (exact) mass is 313 g/mol. The molecule has 0 aromatic heterocycles. The van der Waals surface area contributed by atoms with Crippen LogP contribution in [0.25, 0.3) is 21.5 Å². The normalized spacial score (nSPS) is 13.2. The standard InChI is InChI=1S/C21H15NS/c1-22-18-11-10-14-6-4-5-9-17(14)21(18)23-20-13-16-8-3-2-7-15(16)12-19(20)22/h2-13H,1H3. The van der Waals surface area contributed by atoms with Crippen molar-refractivity contribution in [1.29, 1.82) is 0 Å². The summed E-state index contributed by atoms with van der Waals surface area (Å²) in [5.74, 6) is 0. The molecule has 0 saturated carbocycles. The van der Waals surface area contributed by atoms with Crippen LogP contribution < -0.4 is 4.90 Å². The van der Waals surface area contributed by atoms with Crippen LogP contribution in [0.3, 0.4) is 0 Å². The number of hydrogen-bond donors (Lipinski definition) is 0. The summed E-state index contributed by atoms with van der Waals surface area (Å²) < 4.78 is 0. The van der Waals surface area contributed by atoms with E-state index < -0.39 is 0 Å². The molecule has 0 amide bonds. The molecule has 0 atom stereocenters. The predicted octanol–water partition coefficient (Wildman–Crippen LogP) is 6.23. The van der Waals surface area contributed by atoms with Gasteiger partial charge in [0.15, 0.2) is 0 Å². The molecule has 0 fully saturated rings. The summed E-state index contributed by atoms with van der Waals surface area (Å²) in [5.41, 5.74) is 2.58. The second-order valence-electron chi connectivity index (χ2n) is 5.96. The lowest BCUT2D eigenvalue weighted by atomic mass is 10.1. The van der Waals surface area contributed by atoms with E-state index in [0.29, 0.717) is 0 Å². The molecule has 2 heteroatoms. The molecule has 0 unspecified atom stereocenters. The molecule has 23 heavy (non-hydrogen) atoms. The fourth-order valence-corrected chi connectivity index (χ4v) is 4.71. The van der Waals surface area contributed by atoms with Crippen molar-refractivity contribution in [3.63, 3.8) is 0 Å². The molecular weight excluding hydrogens is 298 g/mol. The quantitative estimate of drug-likeness (QED) is 0.379. The van der Waals surface area contributed by atoms with E-state index in [-0.39, 0.29) is 0 Å². The van der Waals surface area contributed by atoms with Crippen molar-refractivity contribution in [3.8, 4) is 0 Å². The van der Waals surface area contributed by atoms with Crippen molar-refractivity contribution in [1.82, 2.24) is 0 Å². The maximum absolute atomic E-state index is 2.32. The van der Waals surface area contributed by atoms with Gasteiger partial charge in [0.05, 0.1) is 11.4 Å². The highest BCUT2D eigenvalue weighted by Crippen LogP contribution is 2.51. The van der Waals surface area contributed by atoms with Gasteiger partial charge >= 0.3 is 0 Å². The van der Waals surface area contributed by atoms with E-state index in [4.69, 9.17) is 0 Å². The van der Waals surface area contributed by atoms with Gasteiger partial charge in [-0.1, -0.05) is 66.4 Å². The zero-order valence-corrected chi connectivity index (χ0v) is 13.6. The molecule has 1 nitrogen and oxygen atoms in total. The molecule has 0 spiro atoms. The van der Waals surface area contributed by atoms with Gasteiger partial charge in [-0.15, -0.1) is 0 Å². The first-order valence-corrected chi connectivity index (χ1v) is 8.59. The largest absolute Gasteiger partial charge is 0.343 e. The van der Waals surface area contributed by atoms with Crippen LogP contribution in [0.1, 0.15) is 0 Å². The minimum atomic E-state index is 1.29. The first-order chi connectivity index (χ1) is 11.3. The maximum Gasteiger partial charge on any atom is 0.0556 e. The van der Waals surface area contributed by atoms with E-state index in [1.54, 1.807) is 0 Å². The Hall–Kier alpha value is -2.45. The fraction of sp³-hybridized carbons (Fsp3) is 0.0476. The zero-order valence-electron chi connectivity index (χ0n) is 12.8. The number of anilines is 2. The van der Waals surface area contributed by atoms with Crippen molar-refractivity contribution < 1.29 is 0 Å². The topological polar surface area (TPSA) is 3.24 Å². The highest BCUT2D eigenvalue weighted by Gasteiger charge is 2.22. The number of benzene rings is 4. The van der Waals surface area contributed by atoms with Gasteiger partial charge in [-0.25, -0.2) is 0 Å². The van der Waals surface area contributed by atoms with Crippen LogP contribution in [0, 0.1) is 0 Å². The zero-order chi connectivity index (χ0) is 15.4. The van der Waals surface area contributed by atoms with Crippen molar-refractivity contribution in [2.45, 2.75) is 9.79 Å². The fourth-order valence-electron chi connectivity index (χ4n) is 3.39. The maximum atomic E-state index is 2.32. The second-order valence-corrected chi connectivity index (χ2v) is 7.02. The Bertz CT molecular complexity index is 1070. The van der Waals surface area contributed by atoms with Crippen LogP contribution in [0.2, 0.25) is 0 Å². The van der Waals surface area contributed by atoms with Crippen LogP contribution in [-0.2, 0) is 0 Å². The number of nitrogens with zero attached hydrogens (tertiary/aromatic N) is 1. The summed E-state index contributed by atoms with van der Waals surface area (Å²) in [4.78, 5) is 5.00. The molecule has 110 valence electrons. The Labute approximate surface area is 139 Å². The average Bonchev–Trinajstić information content (AvgIpc) is 2.60. The van der Waals surface area contributed by atoms with Gasteiger partial charge in [0, 0.05) is 16.8 Å². The van der Waals surface area contributed by atoms with Crippen molar-refractivity contribution in [2.24, 2.45) is 0 Å². The third-order valence-electron chi connectivity index (χ3n) is 4.62. The van der Waals surface area contributed by atoms with E-state index in [1.165, 1.54) is 42.7 Å². The average molecular weight is 313 g/mol. The summed E-state index contributed by atoms with van der Waals surface area (Å²) in [6.07, 6.45) is 0. The molecule has 0 N–H and O–H groups in total. The summed E-state index contributed by atoms with van der Waals surface area (Å²) in [6.45, 7) is 0. The van der Waals surface area contributed by atoms with Gasteiger partial charge < -0.3 is 4.90 Å². The summed E-state index contributed by atoms with van der Waals surface area (Å²) >= 11 is 1.89. The van der Waals surface area contributed by atoms with Crippen LogP contribution in [0.4, 0.5) is 11.4 Å². The lowest BCUT2D eigenvalue weighted by Gasteiger charge is -2.30. The smallest absolute Gasteiger partial charge is 0.0556 e. The minimum Gasteiger partial charge on any atom is -0.343 e. The van der Waals surface area contributed by atoms with E-state index >= 15 is 0 Å². The van der Waals surface area contributed by atoms with Crippen LogP contribution in [-0.4, -0.2) is 7.05 Å². The first-order valence-electron chi connectivity index (χ1n) is 7.77. The Kier molecular flexibility index (Phi) is 2.70. The van der Waals surface area contributed by atoms with Gasteiger partial charge in [-0.05, 0) is 39.7 Å². The molecule has 4 aromatic rings. The highest BCUT2D eigenvalue weighted by atomic mass is 32.2. The van der Waals surface area contributed by atoms with Crippen molar-refractivity contribution in [3.05, 3.63) is 72.8 Å². The SMILES string of the molecule is CN1c2cc3ccccc3cc2Sc2c1ccc1ccccc21. The lowest BCUT2D eigenvalue weighted by Crippen LogP contribution is -2.14. The van der Waals surface area contributed by atoms with Gasteiger partial charge in [0.1, 0.15) is 0 Å². The van der Waals surface area contributed by atoms with E-state index in [2.05, 4.69) is 84.7 Å². The van der Waals surface area contributed by atoms with Gasteiger partial charge in [-0.2, -0.15) is 0 Å². The van der Waals surface area contributed by atoms with Gasteiger partial charge in [0.2, 0.25) is 0 Å². The van der Waals surface area contributed by atoms with Crippen LogP contribution >= 0.6 is 11.8 Å². The number of hydrogen-bond acceptors (Lipinski definition) is 2. The second kappa shape index (κ2) is 4.77. The molecule has 1 aliphatic rings. The molecule has 1 aliphatic heterocycles. The third-order valence-corrected chi connectivity index (χ3v) is 5.80. The summed E-state index contributed by atoms with van der Waals surface area (Å²) in [5, 5.41) is 5.23. The Morgan fingerprint density at radius 1 is 0.696 bits per heavy atom. The molecule has 0 aliphatic carbocycles. The predicted molar refractivity (Wildman–Crippen MR) is 100 cm³/mol. The third kappa shape index (κ3) is 1.88. The van der Waals surface area contributed by atoms with E-state index in [1.807, 2.05) is 11.8 Å². The van der Waals surface area contributed by atoms with Gasteiger partial charge in [-0.3, -0.25) is 0 Å². The summed E-state index contributed by atoms with van der Waals surface area (Å²) in [6, 6.07) is 26.3. The molecule has 0 bridgehead atoms. The molecule has 1 heterocycles. The number of fused-ring (bicyclic) bond motifs is 5. The molecule has 0 saturated heterocycles. The molecule has 5 rings (SSSR count). The van der Waals surface area contributed by atoms with Crippen LogP contribution in [0.15, 0.2) is 82.6 Å². The lowest BCUT2D eigenvalue weighted by molar-refractivity contribution is 1.13. The van der Waals surface area contributed by atoms with Crippen molar-refractivity contribution >= 4 is 44.7 Å². The Morgan fingerprint density at radius 2 is 1.39 bits per heavy atom. The molecule has 4 aromatic carbocycles. The molecule has 0 radical (unpaired) electrons. The highest BCUT2D eigenvalue weighted by molar-refractivity contribution is 8.00. The van der Waals surface area contributed by atoms with Crippen molar-refractivity contribution in [2.75, 3.05) is 11.9 Å².